The Morgan fingerprint density at radius 2 is 2.04 bits per heavy atom. The topological polar surface area (TPSA) is 72.4 Å². The molecule has 0 radical (unpaired) electrons. The van der Waals surface area contributed by atoms with Crippen LogP contribution >= 0.6 is 11.7 Å². The van der Waals surface area contributed by atoms with Crippen molar-refractivity contribution in [1.82, 2.24) is 13.6 Å². The number of benzene rings is 1. The Balaban J connectivity index is 1.48. The molecule has 1 aliphatic heterocycles. The van der Waals surface area contributed by atoms with Crippen molar-refractivity contribution < 1.29 is 13.2 Å². The molecule has 2 aliphatic rings. The van der Waals surface area contributed by atoms with Crippen molar-refractivity contribution in [2.24, 2.45) is 5.92 Å². The van der Waals surface area contributed by atoms with Crippen LogP contribution in [0.2, 0.25) is 0 Å². The summed E-state index contributed by atoms with van der Waals surface area (Å²) in [5.74, 6) is 0.877. The van der Waals surface area contributed by atoms with E-state index in [-0.39, 0.29) is 22.8 Å². The quantitative estimate of drug-likeness (QED) is 0.720. The van der Waals surface area contributed by atoms with Crippen LogP contribution in [0.15, 0.2) is 35.4 Å². The van der Waals surface area contributed by atoms with Crippen molar-refractivity contribution in [3.8, 4) is 5.88 Å². The first-order valence-electron chi connectivity index (χ1n) is 9.06. The summed E-state index contributed by atoms with van der Waals surface area (Å²) in [7, 11) is -3.42. The first-order chi connectivity index (χ1) is 12.6. The largest absolute Gasteiger partial charge is 0.470 e. The van der Waals surface area contributed by atoms with E-state index in [0.29, 0.717) is 18.4 Å². The average Bonchev–Trinajstić information content (AvgIpc) is 3.32. The Morgan fingerprint density at radius 1 is 1.23 bits per heavy atom. The van der Waals surface area contributed by atoms with Gasteiger partial charge in [0.25, 0.3) is 5.88 Å². The third-order valence-electron chi connectivity index (χ3n) is 5.22. The van der Waals surface area contributed by atoms with Crippen molar-refractivity contribution in [3.05, 3.63) is 35.9 Å². The second-order valence-corrected chi connectivity index (χ2v) is 9.72. The molecule has 2 bridgehead atoms. The number of hydrogen-bond donors (Lipinski definition) is 0. The normalized spacial score (nSPS) is 25.7. The number of likely N-dealkylation sites (tertiary alicyclic amines) is 1. The first kappa shape index (κ1) is 17.9. The third kappa shape index (κ3) is 3.50. The molecular weight excluding hydrogens is 370 g/mol. The molecule has 26 heavy (non-hydrogen) atoms. The van der Waals surface area contributed by atoms with Gasteiger partial charge in [0, 0.05) is 19.1 Å². The molecule has 1 aromatic carbocycles. The highest BCUT2D eigenvalue weighted by molar-refractivity contribution is 7.91. The SMILES string of the molecule is CCCS(=O)(=O)c1nsnc1OC1CC2CC1N(Cc1ccccc1)C2. The predicted octanol–water partition coefficient (Wildman–Crippen LogP) is 2.76. The maximum absolute atomic E-state index is 12.4. The molecule has 2 fully saturated rings. The molecule has 140 valence electrons. The highest BCUT2D eigenvalue weighted by atomic mass is 32.2. The minimum Gasteiger partial charge on any atom is -0.470 e. The molecule has 1 saturated carbocycles. The summed E-state index contributed by atoms with van der Waals surface area (Å²) < 4.78 is 39.0. The van der Waals surface area contributed by atoms with E-state index in [4.69, 9.17) is 4.74 Å². The molecule has 4 rings (SSSR count). The number of hydrogen-bond acceptors (Lipinski definition) is 7. The number of aromatic nitrogens is 2. The van der Waals surface area contributed by atoms with Gasteiger partial charge in [-0.1, -0.05) is 37.3 Å². The van der Waals surface area contributed by atoms with Crippen LogP contribution in [0.3, 0.4) is 0 Å². The number of fused-ring (bicyclic) bond motifs is 2. The Kier molecular flexibility index (Phi) is 4.98. The fraction of sp³-hybridized carbons (Fsp3) is 0.556. The van der Waals surface area contributed by atoms with E-state index in [2.05, 4.69) is 37.9 Å². The maximum Gasteiger partial charge on any atom is 0.265 e. The van der Waals surface area contributed by atoms with Gasteiger partial charge in [0.1, 0.15) is 6.10 Å². The van der Waals surface area contributed by atoms with Gasteiger partial charge in [0.2, 0.25) is 14.9 Å². The minimum atomic E-state index is -3.42. The number of rotatable bonds is 7. The van der Waals surface area contributed by atoms with Gasteiger partial charge >= 0.3 is 0 Å². The Labute approximate surface area is 158 Å². The van der Waals surface area contributed by atoms with Crippen molar-refractivity contribution in [1.29, 1.82) is 0 Å². The molecule has 1 aliphatic carbocycles. The first-order valence-corrected chi connectivity index (χ1v) is 11.4. The molecule has 0 spiro atoms. The molecule has 2 heterocycles. The molecule has 0 N–H and O–H groups in total. The lowest BCUT2D eigenvalue weighted by molar-refractivity contribution is 0.0652. The number of ether oxygens (including phenoxy) is 1. The van der Waals surface area contributed by atoms with E-state index in [0.717, 1.165) is 37.7 Å². The van der Waals surface area contributed by atoms with E-state index in [1.165, 1.54) is 5.56 Å². The molecular formula is C18H23N3O3S2. The van der Waals surface area contributed by atoms with Crippen LogP contribution in [-0.4, -0.2) is 46.5 Å². The van der Waals surface area contributed by atoms with Crippen LogP contribution in [0.5, 0.6) is 5.88 Å². The Morgan fingerprint density at radius 3 is 2.77 bits per heavy atom. The van der Waals surface area contributed by atoms with Gasteiger partial charge in [-0.3, -0.25) is 4.90 Å². The van der Waals surface area contributed by atoms with Crippen LogP contribution in [0.1, 0.15) is 31.7 Å². The molecule has 8 heteroatoms. The summed E-state index contributed by atoms with van der Waals surface area (Å²) in [5, 5.41) is 0.0155. The summed E-state index contributed by atoms with van der Waals surface area (Å²) >= 11 is 0.908. The van der Waals surface area contributed by atoms with Gasteiger partial charge in [-0.25, -0.2) is 8.42 Å². The fourth-order valence-electron chi connectivity index (χ4n) is 4.15. The van der Waals surface area contributed by atoms with Crippen molar-refractivity contribution in [2.45, 2.75) is 49.9 Å². The molecule has 0 amide bonds. The van der Waals surface area contributed by atoms with Crippen molar-refractivity contribution in [3.63, 3.8) is 0 Å². The monoisotopic (exact) mass is 393 g/mol. The van der Waals surface area contributed by atoms with Gasteiger partial charge in [0.05, 0.1) is 17.5 Å². The van der Waals surface area contributed by atoms with E-state index in [9.17, 15) is 8.42 Å². The molecule has 1 saturated heterocycles. The maximum atomic E-state index is 12.4. The zero-order valence-corrected chi connectivity index (χ0v) is 16.4. The van der Waals surface area contributed by atoms with Gasteiger partial charge < -0.3 is 4.74 Å². The number of nitrogens with zero attached hydrogens (tertiary/aromatic N) is 3. The molecule has 6 nitrogen and oxygen atoms in total. The van der Waals surface area contributed by atoms with Gasteiger partial charge in [-0.15, -0.1) is 4.37 Å². The molecule has 1 aromatic heterocycles. The molecule has 3 atom stereocenters. The van der Waals surface area contributed by atoms with Gasteiger partial charge in [0.15, 0.2) is 0 Å². The highest BCUT2D eigenvalue weighted by Gasteiger charge is 2.46. The van der Waals surface area contributed by atoms with Crippen LogP contribution in [-0.2, 0) is 16.4 Å². The summed E-state index contributed by atoms with van der Waals surface area (Å²) in [4.78, 5) is 2.45. The lowest BCUT2D eigenvalue weighted by Gasteiger charge is -2.32. The van der Waals surface area contributed by atoms with Crippen LogP contribution < -0.4 is 4.74 Å². The second kappa shape index (κ2) is 7.25. The fourth-order valence-corrected chi connectivity index (χ4v) is 6.24. The summed E-state index contributed by atoms with van der Waals surface area (Å²) in [5.41, 5.74) is 1.29. The van der Waals surface area contributed by atoms with E-state index < -0.39 is 9.84 Å². The van der Waals surface area contributed by atoms with Crippen LogP contribution in [0.4, 0.5) is 0 Å². The Bertz CT molecular complexity index is 854. The van der Waals surface area contributed by atoms with Crippen LogP contribution in [0, 0.1) is 5.92 Å². The predicted molar refractivity (Wildman–Crippen MR) is 100 cm³/mol. The van der Waals surface area contributed by atoms with Gasteiger partial charge in [-0.05, 0) is 30.7 Å². The van der Waals surface area contributed by atoms with E-state index in [1.54, 1.807) is 0 Å². The average molecular weight is 394 g/mol. The second-order valence-electron chi connectivity index (χ2n) is 7.17. The lowest BCUT2D eigenvalue weighted by Crippen LogP contribution is -2.43. The van der Waals surface area contributed by atoms with Crippen LogP contribution in [0.25, 0.3) is 0 Å². The molecule has 3 unspecified atom stereocenters. The Hall–Kier alpha value is -1.51. The van der Waals surface area contributed by atoms with E-state index >= 15 is 0 Å². The number of sulfone groups is 1. The summed E-state index contributed by atoms with van der Waals surface area (Å²) in [6.07, 6.45) is 2.60. The summed E-state index contributed by atoms with van der Waals surface area (Å²) in [6.45, 7) is 3.82. The zero-order valence-electron chi connectivity index (χ0n) is 14.7. The highest BCUT2D eigenvalue weighted by Crippen LogP contribution is 2.41. The third-order valence-corrected chi connectivity index (χ3v) is 7.65. The summed E-state index contributed by atoms with van der Waals surface area (Å²) in [6, 6.07) is 10.7. The standard InChI is InChI=1S/C18H23N3O3S2/c1-2-8-26(22,23)18-17(19-25-20-18)24-16-10-14-9-15(16)21(12-14)11-13-6-4-3-5-7-13/h3-7,14-16H,2,8-12H2,1H3. The lowest BCUT2D eigenvalue weighted by atomic mass is 10.1. The molecule has 2 aromatic rings. The van der Waals surface area contributed by atoms with Gasteiger partial charge in [-0.2, -0.15) is 4.37 Å². The van der Waals surface area contributed by atoms with E-state index in [1.807, 2.05) is 13.0 Å². The van der Waals surface area contributed by atoms with Crippen molar-refractivity contribution >= 4 is 21.6 Å². The van der Waals surface area contributed by atoms with Crippen molar-refractivity contribution in [2.75, 3.05) is 12.3 Å². The zero-order chi connectivity index (χ0) is 18.1. The smallest absolute Gasteiger partial charge is 0.265 e. The number of piperidine rings is 1. The minimum absolute atomic E-state index is 0.0155.